The molecule has 0 aliphatic carbocycles. The third kappa shape index (κ3) is 4.33. The van der Waals surface area contributed by atoms with Crippen LogP contribution in [-0.2, 0) is 6.42 Å². The zero-order chi connectivity index (χ0) is 19.4. The van der Waals surface area contributed by atoms with Gasteiger partial charge in [0.05, 0.1) is 17.1 Å². The molecule has 27 heavy (non-hydrogen) atoms. The second kappa shape index (κ2) is 8.03. The quantitative estimate of drug-likeness (QED) is 0.694. The lowest BCUT2D eigenvalue weighted by Gasteiger charge is -2.10. The fourth-order valence-corrected chi connectivity index (χ4v) is 2.85. The van der Waals surface area contributed by atoms with E-state index in [1.807, 2.05) is 48.9 Å². The standard InChI is InChI=1S/C19H24N6O2/c1-12(2)25-14(4)17(13(3)23-25)22-19(26)20-11-10-16-21-18(27-24-16)15-8-6-5-7-9-15/h5-9,12H,10-11H2,1-4H3,(H2,20,22,26). The largest absolute Gasteiger partial charge is 0.337 e. The third-order valence-corrected chi connectivity index (χ3v) is 4.18. The Morgan fingerprint density at radius 2 is 1.96 bits per heavy atom. The van der Waals surface area contributed by atoms with Gasteiger partial charge in [0, 0.05) is 24.6 Å². The van der Waals surface area contributed by atoms with Crippen molar-refractivity contribution in [1.29, 1.82) is 0 Å². The van der Waals surface area contributed by atoms with Gasteiger partial charge in [0.1, 0.15) is 0 Å². The van der Waals surface area contributed by atoms with Crippen LogP contribution in [0.5, 0.6) is 0 Å². The first kappa shape index (κ1) is 18.6. The molecule has 3 aromatic rings. The van der Waals surface area contributed by atoms with Gasteiger partial charge in [-0.05, 0) is 39.8 Å². The van der Waals surface area contributed by atoms with Crippen LogP contribution >= 0.6 is 0 Å². The molecular weight excluding hydrogens is 344 g/mol. The number of amides is 2. The molecule has 8 heteroatoms. The van der Waals surface area contributed by atoms with E-state index in [2.05, 4.69) is 39.7 Å². The zero-order valence-corrected chi connectivity index (χ0v) is 16.0. The van der Waals surface area contributed by atoms with Gasteiger partial charge in [0.25, 0.3) is 5.89 Å². The van der Waals surface area contributed by atoms with Crippen LogP contribution in [0.2, 0.25) is 0 Å². The maximum Gasteiger partial charge on any atom is 0.319 e. The predicted molar refractivity (Wildman–Crippen MR) is 103 cm³/mol. The number of urea groups is 1. The van der Waals surface area contributed by atoms with Gasteiger partial charge < -0.3 is 15.2 Å². The summed E-state index contributed by atoms with van der Waals surface area (Å²) in [7, 11) is 0. The summed E-state index contributed by atoms with van der Waals surface area (Å²) < 4.78 is 7.16. The number of hydrogen-bond acceptors (Lipinski definition) is 5. The van der Waals surface area contributed by atoms with E-state index in [1.165, 1.54) is 0 Å². The summed E-state index contributed by atoms with van der Waals surface area (Å²) in [6, 6.07) is 9.52. The van der Waals surface area contributed by atoms with Crippen LogP contribution in [-0.4, -0.2) is 32.5 Å². The molecule has 0 aliphatic rings. The van der Waals surface area contributed by atoms with Crippen LogP contribution in [0.4, 0.5) is 10.5 Å². The summed E-state index contributed by atoms with van der Waals surface area (Å²) in [5.41, 5.74) is 3.34. The van der Waals surface area contributed by atoms with Crippen molar-refractivity contribution < 1.29 is 9.32 Å². The molecule has 0 radical (unpaired) electrons. The molecule has 0 saturated heterocycles. The first-order valence-corrected chi connectivity index (χ1v) is 8.94. The molecule has 2 heterocycles. The molecule has 2 amide bonds. The van der Waals surface area contributed by atoms with Crippen LogP contribution in [0.1, 0.15) is 37.1 Å². The second-order valence-electron chi connectivity index (χ2n) is 6.60. The molecule has 0 saturated carbocycles. The topological polar surface area (TPSA) is 97.9 Å². The van der Waals surface area contributed by atoms with Gasteiger partial charge in [-0.1, -0.05) is 23.4 Å². The Hall–Kier alpha value is -3.16. The van der Waals surface area contributed by atoms with Crippen molar-refractivity contribution in [2.24, 2.45) is 0 Å². The van der Waals surface area contributed by atoms with E-state index in [9.17, 15) is 4.79 Å². The number of benzene rings is 1. The molecule has 2 aromatic heterocycles. The number of aryl methyl sites for hydroxylation is 1. The van der Waals surface area contributed by atoms with Crippen molar-refractivity contribution in [2.75, 3.05) is 11.9 Å². The van der Waals surface area contributed by atoms with Crippen molar-refractivity contribution >= 4 is 11.7 Å². The second-order valence-corrected chi connectivity index (χ2v) is 6.60. The summed E-state index contributed by atoms with van der Waals surface area (Å²) in [6.07, 6.45) is 0.479. The summed E-state index contributed by atoms with van der Waals surface area (Å²) >= 11 is 0. The Morgan fingerprint density at radius 3 is 2.63 bits per heavy atom. The summed E-state index contributed by atoms with van der Waals surface area (Å²) in [5, 5.41) is 14.1. The van der Waals surface area contributed by atoms with E-state index in [1.54, 1.807) is 0 Å². The fourth-order valence-electron chi connectivity index (χ4n) is 2.85. The smallest absolute Gasteiger partial charge is 0.319 e. The van der Waals surface area contributed by atoms with Crippen LogP contribution in [0.25, 0.3) is 11.5 Å². The third-order valence-electron chi connectivity index (χ3n) is 4.18. The molecule has 0 spiro atoms. The van der Waals surface area contributed by atoms with E-state index in [0.717, 1.165) is 22.6 Å². The van der Waals surface area contributed by atoms with Gasteiger partial charge in [-0.3, -0.25) is 4.68 Å². The summed E-state index contributed by atoms with van der Waals surface area (Å²) in [6.45, 7) is 8.33. The van der Waals surface area contributed by atoms with Crippen LogP contribution in [0.15, 0.2) is 34.9 Å². The maximum absolute atomic E-state index is 12.2. The SMILES string of the molecule is Cc1nn(C(C)C)c(C)c1NC(=O)NCCc1noc(-c2ccccc2)n1. The molecule has 0 fully saturated rings. The van der Waals surface area contributed by atoms with E-state index in [4.69, 9.17) is 4.52 Å². The minimum Gasteiger partial charge on any atom is -0.337 e. The lowest BCUT2D eigenvalue weighted by molar-refractivity contribution is 0.252. The Balaban J connectivity index is 1.53. The summed E-state index contributed by atoms with van der Waals surface area (Å²) in [4.78, 5) is 16.5. The lowest BCUT2D eigenvalue weighted by Crippen LogP contribution is -2.31. The van der Waals surface area contributed by atoms with Gasteiger partial charge in [-0.2, -0.15) is 10.1 Å². The van der Waals surface area contributed by atoms with E-state index in [-0.39, 0.29) is 12.1 Å². The van der Waals surface area contributed by atoms with Crippen molar-refractivity contribution in [3.8, 4) is 11.5 Å². The number of nitrogens with one attached hydrogen (secondary N) is 2. The van der Waals surface area contributed by atoms with E-state index >= 15 is 0 Å². The maximum atomic E-state index is 12.2. The molecule has 0 atom stereocenters. The van der Waals surface area contributed by atoms with Crippen LogP contribution in [0, 0.1) is 13.8 Å². The minimum atomic E-state index is -0.281. The van der Waals surface area contributed by atoms with Crippen molar-refractivity contribution in [1.82, 2.24) is 25.2 Å². The molecule has 142 valence electrons. The van der Waals surface area contributed by atoms with Gasteiger partial charge >= 0.3 is 6.03 Å². The Kier molecular flexibility index (Phi) is 5.54. The molecule has 2 N–H and O–H groups in total. The molecule has 0 unspecified atom stereocenters. The fraction of sp³-hybridized carbons (Fsp3) is 0.368. The number of rotatable bonds is 6. The molecule has 0 bridgehead atoms. The van der Waals surface area contributed by atoms with Crippen molar-refractivity contribution in [2.45, 2.75) is 40.2 Å². The highest BCUT2D eigenvalue weighted by Gasteiger charge is 2.15. The van der Waals surface area contributed by atoms with Gasteiger partial charge in [-0.15, -0.1) is 0 Å². The normalized spacial score (nSPS) is 11.0. The number of carbonyl (C=O) groups excluding carboxylic acids is 1. The summed E-state index contributed by atoms with van der Waals surface area (Å²) in [5.74, 6) is 1.02. The Labute approximate surface area is 158 Å². The average molecular weight is 368 g/mol. The Bertz CT molecular complexity index is 914. The van der Waals surface area contributed by atoms with Crippen LogP contribution < -0.4 is 10.6 Å². The first-order chi connectivity index (χ1) is 13.0. The number of aromatic nitrogens is 4. The van der Waals surface area contributed by atoms with Gasteiger partial charge in [0.15, 0.2) is 5.82 Å². The number of nitrogens with zero attached hydrogens (tertiary/aromatic N) is 4. The number of anilines is 1. The molecule has 0 aliphatic heterocycles. The first-order valence-electron chi connectivity index (χ1n) is 8.94. The molecule has 8 nitrogen and oxygen atoms in total. The van der Waals surface area contributed by atoms with Crippen molar-refractivity contribution in [3.05, 3.63) is 47.5 Å². The van der Waals surface area contributed by atoms with Crippen LogP contribution in [0.3, 0.4) is 0 Å². The molecule has 1 aromatic carbocycles. The van der Waals surface area contributed by atoms with Crippen molar-refractivity contribution in [3.63, 3.8) is 0 Å². The van der Waals surface area contributed by atoms with E-state index < -0.39 is 0 Å². The zero-order valence-electron chi connectivity index (χ0n) is 16.0. The van der Waals surface area contributed by atoms with Gasteiger partial charge in [0.2, 0.25) is 0 Å². The molecular formula is C19H24N6O2. The number of carbonyl (C=O) groups is 1. The number of hydrogen-bond donors (Lipinski definition) is 2. The average Bonchev–Trinajstić information content (AvgIpc) is 3.23. The lowest BCUT2D eigenvalue weighted by atomic mass is 10.2. The molecule has 3 rings (SSSR count). The Morgan fingerprint density at radius 1 is 1.22 bits per heavy atom. The highest BCUT2D eigenvalue weighted by Crippen LogP contribution is 2.22. The predicted octanol–water partition coefficient (Wildman–Crippen LogP) is 3.50. The van der Waals surface area contributed by atoms with Gasteiger partial charge in [-0.25, -0.2) is 4.79 Å². The highest BCUT2D eigenvalue weighted by atomic mass is 16.5. The van der Waals surface area contributed by atoms with E-state index in [0.29, 0.717) is 24.7 Å². The minimum absolute atomic E-state index is 0.236. The highest BCUT2D eigenvalue weighted by molar-refractivity contribution is 5.90. The monoisotopic (exact) mass is 368 g/mol.